The molecule has 0 aliphatic carbocycles. The zero-order valence-corrected chi connectivity index (χ0v) is 9.03. The minimum absolute atomic E-state index is 0.258. The monoisotopic (exact) mass is 264 g/mol. The third kappa shape index (κ3) is 3.36. The van der Waals surface area contributed by atoms with Crippen LogP contribution in [-0.2, 0) is 0 Å². The van der Waals surface area contributed by atoms with E-state index >= 15 is 0 Å². The molecule has 0 unspecified atom stereocenters. The molecule has 0 saturated carbocycles. The van der Waals surface area contributed by atoms with Crippen LogP contribution in [0.4, 0.5) is 4.39 Å². The summed E-state index contributed by atoms with van der Waals surface area (Å²) in [5.41, 5.74) is 0. The van der Waals surface area contributed by atoms with Crippen molar-refractivity contribution in [1.82, 2.24) is 0 Å². The predicted octanol–water partition coefficient (Wildman–Crippen LogP) is 3.77. The van der Waals surface area contributed by atoms with Gasteiger partial charge in [0.1, 0.15) is 18.2 Å². The lowest BCUT2D eigenvalue weighted by atomic mass is 10.3. The van der Waals surface area contributed by atoms with E-state index in [1.165, 1.54) is 18.2 Å². The molecule has 1 nitrogen and oxygen atoms in total. The smallest absolute Gasteiger partial charge is 0.138 e. The van der Waals surface area contributed by atoms with E-state index in [0.29, 0.717) is 16.8 Å². The molecule has 0 spiro atoms. The van der Waals surface area contributed by atoms with E-state index in [2.05, 4.69) is 22.5 Å². The van der Waals surface area contributed by atoms with Gasteiger partial charge in [0.15, 0.2) is 0 Å². The Kier molecular flexibility index (Phi) is 3.75. The molecule has 4 heteroatoms. The third-order valence-electron chi connectivity index (χ3n) is 1.28. The Morgan fingerprint density at radius 3 is 2.85 bits per heavy atom. The average molecular weight is 266 g/mol. The zero-order chi connectivity index (χ0) is 9.84. The highest BCUT2D eigenvalue weighted by Crippen LogP contribution is 2.25. The Morgan fingerprint density at radius 2 is 2.31 bits per heavy atom. The molecule has 0 N–H and O–H groups in total. The molecule has 0 amide bonds. The van der Waals surface area contributed by atoms with Crippen LogP contribution in [0.15, 0.2) is 29.3 Å². The van der Waals surface area contributed by atoms with Gasteiger partial charge in [-0.2, -0.15) is 0 Å². The van der Waals surface area contributed by atoms with Crippen molar-refractivity contribution in [3.05, 3.63) is 40.1 Å². The van der Waals surface area contributed by atoms with Gasteiger partial charge in [0.25, 0.3) is 0 Å². The van der Waals surface area contributed by atoms with Crippen molar-refractivity contribution < 1.29 is 9.13 Å². The van der Waals surface area contributed by atoms with Gasteiger partial charge < -0.3 is 4.74 Å². The number of hydrogen-bond donors (Lipinski definition) is 0. The van der Waals surface area contributed by atoms with Gasteiger partial charge in [-0.3, -0.25) is 0 Å². The van der Waals surface area contributed by atoms with Gasteiger partial charge in [-0.15, -0.1) is 0 Å². The first-order chi connectivity index (χ1) is 6.09. The standard InChI is InChI=1S/C9H7BrClFO/c1-6(10)5-13-9-3-2-7(12)4-8(9)11/h2-4H,1,5H2. The summed E-state index contributed by atoms with van der Waals surface area (Å²) in [7, 11) is 0. The quantitative estimate of drug-likeness (QED) is 0.808. The Bertz CT molecular complexity index is 327. The second-order valence-corrected chi connectivity index (χ2v) is 3.91. The van der Waals surface area contributed by atoms with E-state index in [0.717, 1.165) is 0 Å². The molecule has 0 atom stereocenters. The molecule has 0 saturated heterocycles. The van der Waals surface area contributed by atoms with Crippen LogP contribution in [0.2, 0.25) is 5.02 Å². The number of rotatable bonds is 3. The molecule has 0 aromatic heterocycles. The average Bonchev–Trinajstić information content (AvgIpc) is 2.02. The van der Waals surface area contributed by atoms with Crippen molar-refractivity contribution in [2.45, 2.75) is 0 Å². The van der Waals surface area contributed by atoms with Crippen LogP contribution >= 0.6 is 27.5 Å². The molecule has 1 rings (SSSR count). The van der Waals surface area contributed by atoms with Crippen LogP contribution < -0.4 is 4.74 Å². The molecule has 0 heterocycles. The lowest BCUT2D eigenvalue weighted by Crippen LogP contribution is -1.96. The highest BCUT2D eigenvalue weighted by atomic mass is 79.9. The lowest BCUT2D eigenvalue weighted by molar-refractivity contribution is 0.360. The zero-order valence-electron chi connectivity index (χ0n) is 6.69. The topological polar surface area (TPSA) is 9.23 Å². The van der Waals surface area contributed by atoms with Gasteiger partial charge in [0.05, 0.1) is 5.02 Å². The molecule has 1 aromatic carbocycles. The highest BCUT2D eigenvalue weighted by molar-refractivity contribution is 9.11. The summed E-state index contributed by atoms with van der Waals surface area (Å²) in [5, 5.41) is 0.258. The van der Waals surface area contributed by atoms with E-state index in [-0.39, 0.29) is 10.8 Å². The SMILES string of the molecule is C=C(Br)COc1ccc(F)cc1Cl. The van der Waals surface area contributed by atoms with Crippen LogP contribution in [-0.4, -0.2) is 6.61 Å². The van der Waals surface area contributed by atoms with Crippen LogP contribution in [0.25, 0.3) is 0 Å². The van der Waals surface area contributed by atoms with E-state index < -0.39 is 0 Å². The first-order valence-corrected chi connectivity index (χ1v) is 4.68. The largest absolute Gasteiger partial charge is 0.487 e. The second kappa shape index (κ2) is 4.63. The van der Waals surface area contributed by atoms with Crippen LogP contribution in [0, 0.1) is 5.82 Å². The van der Waals surface area contributed by atoms with Crippen LogP contribution in [0.1, 0.15) is 0 Å². The maximum Gasteiger partial charge on any atom is 0.138 e. The number of benzene rings is 1. The van der Waals surface area contributed by atoms with Gasteiger partial charge in [0.2, 0.25) is 0 Å². The number of ether oxygens (including phenoxy) is 1. The van der Waals surface area contributed by atoms with Gasteiger partial charge in [0, 0.05) is 4.48 Å². The summed E-state index contributed by atoms with van der Waals surface area (Å²) in [5.74, 6) is 0.0682. The fraction of sp³-hybridized carbons (Fsp3) is 0.111. The van der Waals surface area contributed by atoms with E-state index in [4.69, 9.17) is 16.3 Å². The molecule has 0 aliphatic heterocycles. The van der Waals surface area contributed by atoms with Crippen molar-refractivity contribution in [3.63, 3.8) is 0 Å². The third-order valence-corrected chi connectivity index (χ3v) is 1.80. The predicted molar refractivity (Wildman–Crippen MR) is 55.0 cm³/mol. The van der Waals surface area contributed by atoms with Gasteiger partial charge >= 0.3 is 0 Å². The van der Waals surface area contributed by atoms with E-state index in [9.17, 15) is 4.39 Å². The number of hydrogen-bond acceptors (Lipinski definition) is 1. The normalized spacial score (nSPS) is 9.77. The molecule has 13 heavy (non-hydrogen) atoms. The van der Waals surface area contributed by atoms with Crippen molar-refractivity contribution in [1.29, 1.82) is 0 Å². The first-order valence-electron chi connectivity index (χ1n) is 3.50. The Balaban J connectivity index is 2.72. The maximum absolute atomic E-state index is 12.6. The Hall–Kier alpha value is -0.540. The molecule has 0 aliphatic rings. The fourth-order valence-electron chi connectivity index (χ4n) is 0.748. The summed E-state index contributed by atoms with van der Waals surface area (Å²) in [6, 6.07) is 3.97. The molecule has 0 radical (unpaired) electrons. The van der Waals surface area contributed by atoms with Gasteiger partial charge in [-0.1, -0.05) is 34.1 Å². The summed E-state index contributed by atoms with van der Waals surface area (Å²) >= 11 is 8.84. The Morgan fingerprint density at radius 1 is 1.62 bits per heavy atom. The van der Waals surface area contributed by atoms with Crippen molar-refractivity contribution in [2.24, 2.45) is 0 Å². The van der Waals surface area contributed by atoms with E-state index in [1.54, 1.807) is 0 Å². The molecule has 70 valence electrons. The molecular formula is C9H7BrClFO. The summed E-state index contributed by atoms with van der Waals surface area (Å²) < 4.78 is 18.5. The van der Waals surface area contributed by atoms with Crippen LogP contribution in [0.5, 0.6) is 5.75 Å². The number of halogens is 3. The second-order valence-electron chi connectivity index (χ2n) is 2.38. The lowest BCUT2D eigenvalue weighted by Gasteiger charge is -2.06. The van der Waals surface area contributed by atoms with Crippen molar-refractivity contribution in [2.75, 3.05) is 6.61 Å². The Labute approximate surface area is 89.3 Å². The minimum Gasteiger partial charge on any atom is -0.487 e. The molecule has 1 aromatic rings. The van der Waals surface area contributed by atoms with E-state index in [1.807, 2.05) is 0 Å². The van der Waals surface area contributed by atoms with Crippen LogP contribution in [0.3, 0.4) is 0 Å². The maximum atomic E-state index is 12.6. The fourth-order valence-corrected chi connectivity index (χ4v) is 1.08. The van der Waals surface area contributed by atoms with Gasteiger partial charge in [-0.25, -0.2) is 4.39 Å². The summed E-state index contributed by atoms with van der Waals surface area (Å²) in [6.07, 6.45) is 0. The molecule has 0 fully saturated rings. The highest BCUT2D eigenvalue weighted by Gasteiger charge is 2.02. The summed E-state index contributed by atoms with van der Waals surface area (Å²) in [4.78, 5) is 0. The first kappa shape index (κ1) is 10.5. The van der Waals surface area contributed by atoms with Crippen molar-refractivity contribution in [3.8, 4) is 5.75 Å². The van der Waals surface area contributed by atoms with Gasteiger partial charge in [-0.05, 0) is 18.2 Å². The molecule has 0 bridgehead atoms. The minimum atomic E-state index is -0.380. The van der Waals surface area contributed by atoms with Crippen molar-refractivity contribution >= 4 is 27.5 Å². The summed E-state index contributed by atoms with van der Waals surface area (Å²) in [6.45, 7) is 3.90. The molecular weight excluding hydrogens is 258 g/mol.